The minimum Gasteiger partial charge on any atom is -0.370 e. The van der Waals surface area contributed by atoms with Gasteiger partial charge in [-0.25, -0.2) is 8.78 Å². The summed E-state index contributed by atoms with van der Waals surface area (Å²) in [6, 6.07) is 2.65. The Morgan fingerprint density at radius 1 is 1.27 bits per heavy atom. The van der Waals surface area contributed by atoms with Crippen LogP contribution in [0.5, 0.6) is 0 Å². The molecule has 1 aliphatic rings. The molecule has 0 unspecified atom stereocenters. The zero-order chi connectivity index (χ0) is 15.7. The van der Waals surface area contributed by atoms with Crippen LogP contribution in [-0.2, 0) is 0 Å². The van der Waals surface area contributed by atoms with Crippen LogP contribution in [0.15, 0.2) is 23.2 Å². The van der Waals surface area contributed by atoms with Crippen LogP contribution in [0, 0.1) is 17.0 Å². The third-order valence-electron chi connectivity index (χ3n) is 3.66. The second-order valence-electron chi connectivity index (χ2n) is 5.08. The van der Waals surface area contributed by atoms with Crippen LogP contribution in [0.3, 0.4) is 0 Å². The van der Waals surface area contributed by atoms with Crippen LogP contribution in [0.4, 0.5) is 27.6 Å². The van der Waals surface area contributed by atoms with Gasteiger partial charge in [-0.3, -0.25) is 4.99 Å². The van der Waals surface area contributed by atoms with E-state index in [2.05, 4.69) is 10.3 Å². The summed E-state index contributed by atoms with van der Waals surface area (Å²) >= 11 is 0. The normalized spacial score (nSPS) is 17.4. The Bertz CT molecular complexity index is 555. The lowest BCUT2D eigenvalue weighted by atomic mass is 9.68. The number of nitrogens with zero attached hydrogens (tertiary/aromatic N) is 1. The fourth-order valence-corrected chi connectivity index (χ4v) is 2.14. The number of hydrogen-bond acceptors (Lipinski definition) is 1. The van der Waals surface area contributed by atoms with Gasteiger partial charge in [-0.15, -0.1) is 24.0 Å². The fraction of sp³-hybridized carbons (Fsp3) is 0.462. The molecule has 0 heterocycles. The molecule has 124 valence electrons. The van der Waals surface area contributed by atoms with E-state index >= 15 is 0 Å². The second-order valence-corrected chi connectivity index (χ2v) is 5.08. The Kier molecular flexibility index (Phi) is 5.99. The fourth-order valence-electron chi connectivity index (χ4n) is 2.14. The highest BCUT2D eigenvalue weighted by Gasteiger charge is 2.58. The third-order valence-corrected chi connectivity index (χ3v) is 3.66. The SMILES string of the molecule is I.NC(=NCC1(C(F)(F)F)CCC1)Nc1cc(F)ccc1F. The molecule has 3 nitrogen and oxygen atoms in total. The Hall–Kier alpha value is -1.13. The number of guanidine groups is 1. The lowest BCUT2D eigenvalue weighted by Gasteiger charge is -2.41. The second kappa shape index (κ2) is 6.97. The molecule has 0 saturated heterocycles. The van der Waals surface area contributed by atoms with Crippen molar-refractivity contribution in [1.82, 2.24) is 0 Å². The molecule has 0 atom stereocenters. The molecule has 0 aromatic heterocycles. The van der Waals surface area contributed by atoms with Crippen molar-refractivity contribution in [1.29, 1.82) is 0 Å². The molecule has 0 amide bonds. The summed E-state index contributed by atoms with van der Waals surface area (Å²) in [6.07, 6.45) is -3.86. The maximum atomic E-state index is 13.4. The number of nitrogens with two attached hydrogens (primary N) is 1. The molecule has 0 spiro atoms. The van der Waals surface area contributed by atoms with Crippen LogP contribution in [0.1, 0.15) is 19.3 Å². The average molecular weight is 435 g/mol. The molecule has 3 N–H and O–H groups in total. The molecular formula is C13H15F5IN3. The van der Waals surface area contributed by atoms with Crippen LogP contribution in [-0.4, -0.2) is 18.7 Å². The first-order chi connectivity index (χ1) is 9.73. The molecule has 9 heteroatoms. The van der Waals surface area contributed by atoms with Gasteiger partial charge >= 0.3 is 6.18 Å². The predicted octanol–water partition coefficient (Wildman–Crippen LogP) is 4.04. The van der Waals surface area contributed by atoms with Crippen molar-refractivity contribution >= 4 is 35.6 Å². The summed E-state index contributed by atoms with van der Waals surface area (Å²) in [4.78, 5) is 3.63. The molecule has 0 aliphatic heterocycles. The summed E-state index contributed by atoms with van der Waals surface area (Å²) in [5.41, 5.74) is 3.32. The number of anilines is 1. The zero-order valence-corrected chi connectivity index (χ0v) is 13.7. The van der Waals surface area contributed by atoms with Gasteiger partial charge in [0.05, 0.1) is 17.6 Å². The highest BCUT2D eigenvalue weighted by atomic mass is 127. The van der Waals surface area contributed by atoms with E-state index in [0.717, 1.165) is 18.2 Å². The van der Waals surface area contributed by atoms with E-state index < -0.39 is 29.8 Å². The highest BCUT2D eigenvalue weighted by Crippen LogP contribution is 2.53. The van der Waals surface area contributed by atoms with E-state index in [1.165, 1.54) is 0 Å². The highest BCUT2D eigenvalue weighted by molar-refractivity contribution is 14.0. The molecule has 1 fully saturated rings. The summed E-state index contributed by atoms with van der Waals surface area (Å²) in [7, 11) is 0. The van der Waals surface area contributed by atoms with Gasteiger partial charge in [0, 0.05) is 6.07 Å². The van der Waals surface area contributed by atoms with Gasteiger partial charge in [-0.05, 0) is 25.0 Å². The zero-order valence-electron chi connectivity index (χ0n) is 11.4. The minimum absolute atomic E-state index is 0. The molecular weight excluding hydrogens is 420 g/mol. The molecule has 22 heavy (non-hydrogen) atoms. The van der Waals surface area contributed by atoms with Crippen molar-refractivity contribution in [2.75, 3.05) is 11.9 Å². The Labute approximate surface area is 141 Å². The predicted molar refractivity (Wildman–Crippen MR) is 84.2 cm³/mol. The van der Waals surface area contributed by atoms with Gasteiger partial charge in [0.2, 0.25) is 0 Å². The average Bonchev–Trinajstić information content (AvgIpc) is 2.30. The van der Waals surface area contributed by atoms with E-state index in [1.54, 1.807) is 0 Å². The Morgan fingerprint density at radius 3 is 2.41 bits per heavy atom. The van der Waals surface area contributed by atoms with E-state index in [4.69, 9.17) is 5.73 Å². The standard InChI is InChI=1S/C13H14F5N3.HI/c14-8-2-3-9(15)10(6-8)21-11(19)20-7-12(4-1-5-12)13(16,17)18;/h2-3,6H,1,4-5,7H2,(H3,19,20,21);1H. The molecule has 1 aliphatic carbocycles. The largest absolute Gasteiger partial charge is 0.396 e. The maximum absolute atomic E-state index is 13.4. The number of halogens is 6. The van der Waals surface area contributed by atoms with E-state index in [-0.39, 0.29) is 48.5 Å². The van der Waals surface area contributed by atoms with Crippen molar-refractivity contribution in [3.05, 3.63) is 29.8 Å². The maximum Gasteiger partial charge on any atom is 0.396 e. The quantitative estimate of drug-likeness (QED) is 0.326. The van der Waals surface area contributed by atoms with E-state index in [0.29, 0.717) is 6.42 Å². The van der Waals surface area contributed by atoms with Gasteiger partial charge in [-0.2, -0.15) is 13.2 Å². The third kappa shape index (κ3) is 3.99. The lowest BCUT2D eigenvalue weighted by Crippen LogP contribution is -2.46. The molecule has 1 aromatic carbocycles. The number of rotatable bonds is 3. The first-order valence-electron chi connectivity index (χ1n) is 6.32. The summed E-state index contributed by atoms with van der Waals surface area (Å²) < 4.78 is 65.0. The van der Waals surface area contributed by atoms with E-state index in [1.807, 2.05) is 0 Å². The van der Waals surface area contributed by atoms with Crippen molar-refractivity contribution < 1.29 is 22.0 Å². The van der Waals surface area contributed by atoms with Crippen LogP contribution < -0.4 is 11.1 Å². The summed E-state index contributed by atoms with van der Waals surface area (Å²) in [6.45, 7) is -0.522. The molecule has 2 rings (SSSR count). The smallest absolute Gasteiger partial charge is 0.370 e. The first kappa shape index (κ1) is 18.9. The van der Waals surface area contributed by atoms with Gasteiger partial charge in [-0.1, -0.05) is 6.42 Å². The number of benzene rings is 1. The number of nitrogens with one attached hydrogen (secondary N) is 1. The molecule has 0 radical (unpaired) electrons. The Morgan fingerprint density at radius 2 is 1.91 bits per heavy atom. The monoisotopic (exact) mass is 435 g/mol. The molecule has 0 bridgehead atoms. The first-order valence-corrected chi connectivity index (χ1v) is 6.32. The topological polar surface area (TPSA) is 50.4 Å². The van der Waals surface area contributed by atoms with Crippen molar-refractivity contribution in [3.8, 4) is 0 Å². The Balaban J connectivity index is 0.00000242. The van der Waals surface area contributed by atoms with Crippen LogP contribution >= 0.6 is 24.0 Å². The minimum atomic E-state index is -4.35. The summed E-state index contributed by atoms with van der Waals surface area (Å²) in [5, 5.41) is 2.27. The van der Waals surface area contributed by atoms with Gasteiger partial charge < -0.3 is 11.1 Å². The molecule has 1 saturated carbocycles. The van der Waals surface area contributed by atoms with Crippen LogP contribution in [0.2, 0.25) is 0 Å². The van der Waals surface area contributed by atoms with Gasteiger partial charge in [0.25, 0.3) is 0 Å². The van der Waals surface area contributed by atoms with Crippen molar-refractivity contribution in [2.45, 2.75) is 25.4 Å². The van der Waals surface area contributed by atoms with Crippen molar-refractivity contribution in [3.63, 3.8) is 0 Å². The number of alkyl halides is 3. The van der Waals surface area contributed by atoms with Crippen molar-refractivity contribution in [2.24, 2.45) is 16.1 Å². The van der Waals surface area contributed by atoms with Gasteiger partial charge in [0.15, 0.2) is 5.96 Å². The molecule has 1 aromatic rings. The van der Waals surface area contributed by atoms with Gasteiger partial charge in [0.1, 0.15) is 11.6 Å². The number of hydrogen-bond donors (Lipinski definition) is 2. The number of aliphatic imine (C=N–C) groups is 1. The van der Waals surface area contributed by atoms with E-state index in [9.17, 15) is 22.0 Å². The lowest BCUT2D eigenvalue weighted by molar-refractivity contribution is -0.245. The summed E-state index contributed by atoms with van der Waals surface area (Å²) in [5.74, 6) is -1.85. The van der Waals surface area contributed by atoms with Crippen LogP contribution in [0.25, 0.3) is 0 Å².